The third kappa shape index (κ3) is 1.54. The molecule has 0 radical (unpaired) electrons. The maximum atomic E-state index is 4.40. The molecule has 0 saturated heterocycles. The Morgan fingerprint density at radius 2 is 1.56 bits per heavy atom. The Kier molecular flexibility index (Phi) is 2.11. The van der Waals surface area contributed by atoms with E-state index in [1.165, 1.54) is 5.56 Å². The van der Waals surface area contributed by atoms with Gasteiger partial charge in [0.2, 0.25) is 0 Å². The van der Waals surface area contributed by atoms with Crippen molar-refractivity contribution in [2.75, 3.05) is 0 Å². The van der Waals surface area contributed by atoms with Gasteiger partial charge in [0.25, 0.3) is 0 Å². The average molecular weight is 206 g/mol. The van der Waals surface area contributed by atoms with Crippen molar-refractivity contribution in [1.82, 2.24) is 9.97 Å². The molecule has 0 aliphatic rings. The summed E-state index contributed by atoms with van der Waals surface area (Å²) >= 11 is 0. The van der Waals surface area contributed by atoms with E-state index in [9.17, 15) is 0 Å². The van der Waals surface area contributed by atoms with Crippen LogP contribution in [0.2, 0.25) is 0 Å². The first-order chi connectivity index (χ1) is 7.93. The second-order valence-corrected chi connectivity index (χ2v) is 3.63. The van der Waals surface area contributed by atoms with Crippen molar-refractivity contribution in [1.29, 1.82) is 0 Å². The maximum Gasteiger partial charge on any atom is 0.0892 e. The second kappa shape index (κ2) is 3.74. The van der Waals surface area contributed by atoms with Crippen LogP contribution in [0.15, 0.2) is 60.9 Å². The molecule has 0 atom stereocenters. The van der Waals surface area contributed by atoms with Crippen molar-refractivity contribution in [2.24, 2.45) is 0 Å². The molecule has 3 rings (SSSR count). The Balaban J connectivity index is 2.19. The first-order valence-electron chi connectivity index (χ1n) is 5.20. The number of rotatable bonds is 1. The summed E-state index contributed by atoms with van der Waals surface area (Å²) in [4.78, 5) is 8.70. The van der Waals surface area contributed by atoms with Crippen LogP contribution in [-0.4, -0.2) is 9.97 Å². The van der Waals surface area contributed by atoms with E-state index < -0.39 is 0 Å². The molecule has 2 heteroatoms. The van der Waals surface area contributed by atoms with E-state index in [0.29, 0.717) is 0 Å². The smallest absolute Gasteiger partial charge is 0.0892 e. The van der Waals surface area contributed by atoms with Gasteiger partial charge < -0.3 is 0 Å². The zero-order valence-corrected chi connectivity index (χ0v) is 8.67. The molecule has 0 amide bonds. The van der Waals surface area contributed by atoms with Crippen molar-refractivity contribution in [3.63, 3.8) is 0 Å². The Labute approximate surface area is 93.6 Å². The molecule has 0 spiro atoms. The van der Waals surface area contributed by atoms with Gasteiger partial charge in [-0.2, -0.15) is 0 Å². The highest BCUT2D eigenvalue weighted by Gasteiger charge is 1.99. The predicted molar refractivity (Wildman–Crippen MR) is 65.0 cm³/mol. The third-order valence-electron chi connectivity index (χ3n) is 2.56. The molecule has 2 aromatic heterocycles. The number of hydrogen-bond acceptors (Lipinski definition) is 2. The van der Waals surface area contributed by atoms with Gasteiger partial charge in [-0.3, -0.25) is 9.97 Å². The molecule has 0 saturated carbocycles. The summed E-state index contributed by atoms with van der Waals surface area (Å²) in [6.07, 6.45) is 3.68. The molecule has 0 unspecified atom stereocenters. The molecule has 1 aromatic carbocycles. The van der Waals surface area contributed by atoms with Crippen molar-refractivity contribution in [2.45, 2.75) is 0 Å². The Hall–Kier alpha value is -2.22. The first kappa shape index (κ1) is 9.04. The van der Waals surface area contributed by atoms with Gasteiger partial charge in [-0.1, -0.05) is 30.3 Å². The molecular formula is C14H10N2. The predicted octanol–water partition coefficient (Wildman–Crippen LogP) is 3.30. The van der Waals surface area contributed by atoms with E-state index in [4.69, 9.17) is 0 Å². The van der Waals surface area contributed by atoms with Crippen LogP contribution in [0, 0.1) is 0 Å². The molecular weight excluding hydrogens is 196 g/mol. The van der Waals surface area contributed by atoms with E-state index in [2.05, 4.69) is 28.2 Å². The monoisotopic (exact) mass is 206 g/mol. The summed E-state index contributed by atoms with van der Waals surface area (Å²) in [6, 6.07) is 16.1. The van der Waals surface area contributed by atoms with Crippen LogP contribution in [0.1, 0.15) is 0 Å². The minimum absolute atomic E-state index is 0.933. The van der Waals surface area contributed by atoms with Crippen LogP contribution in [-0.2, 0) is 0 Å². The molecule has 16 heavy (non-hydrogen) atoms. The van der Waals surface area contributed by atoms with Gasteiger partial charge in [-0.05, 0) is 23.8 Å². The number of fused-ring (bicyclic) bond motifs is 1. The molecule has 2 nitrogen and oxygen atoms in total. The second-order valence-electron chi connectivity index (χ2n) is 3.63. The average Bonchev–Trinajstić information content (AvgIpc) is 2.39. The zero-order valence-electron chi connectivity index (χ0n) is 8.67. The fourth-order valence-electron chi connectivity index (χ4n) is 1.74. The number of hydrogen-bond donors (Lipinski definition) is 0. The van der Waals surface area contributed by atoms with E-state index in [1.54, 1.807) is 6.20 Å². The van der Waals surface area contributed by atoms with Crippen LogP contribution < -0.4 is 0 Å². The van der Waals surface area contributed by atoms with E-state index in [0.717, 1.165) is 16.6 Å². The van der Waals surface area contributed by atoms with Gasteiger partial charge in [-0.15, -0.1) is 0 Å². The van der Waals surface area contributed by atoms with Crippen LogP contribution in [0.4, 0.5) is 0 Å². The summed E-state index contributed by atoms with van der Waals surface area (Å²) in [5.74, 6) is 0. The SMILES string of the molecule is c1ccc(-c2cnc3cccnc3c2)cc1. The molecule has 0 bridgehead atoms. The highest BCUT2D eigenvalue weighted by molar-refractivity contribution is 5.79. The first-order valence-corrected chi connectivity index (χ1v) is 5.20. The minimum Gasteiger partial charge on any atom is -0.255 e. The summed E-state index contributed by atoms with van der Waals surface area (Å²) in [5.41, 5.74) is 4.14. The summed E-state index contributed by atoms with van der Waals surface area (Å²) in [5, 5.41) is 0. The lowest BCUT2D eigenvalue weighted by atomic mass is 10.1. The maximum absolute atomic E-state index is 4.40. The number of aromatic nitrogens is 2. The fourth-order valence-corrected chi connectivity index (χ4v) is 1.74. The number of nitrogens with zero attached hydrogens (tertiary/aromatic N) is 2. The van der Waals surface area contributed by atoms with Gasteiger partial charge >= 0.3 is 0 Å². The molecule has 0 fully saturated rings. The summed E-state index contributed by atoms with van der Waals surface area (Å²) in [6.45, 7) is 0. The van der Waals surface area contributed by atoms with Crippen LogP contribution >= 0.6 is 0 Å². The largest absolute Gasteiger partial charge is 0.255 e. The van der Waals surface area contributed by atoms with Crippen LogP contribution in [0.3, 0.4) is 0 Å². The molecule has 3 aromatic rings. The highest BCUT2D eigenvalue weighted by Crippen LogP contribution is 2.20. The van der Waals surface area contributed by atoms with Crippen molar-refractivity contribution in [3.05, 3.63) is 60.9 Å². The fraction of sp³-hybridized carbons (Fsp3) is 0. The van der Waals surface area contributed by atoms with Gasteiger partial charge in [0.1, 0.15) is 0 Å². The van der Waals surface area contributed by atoms with Crippen molar-refractivity contribution >= 4 is 11.0 Å². The van der Waals surface area contributed by atoms with E-state index >= 15 is 0 Å². The molecule has 2 heterocycles. The van der Waals surface area contributed by atoms with Gasteiger partial charge in [0.15, 0.2) is 0 Å². The van der Waals surface area contributed by atoms with Gasteiger partial charge in [0.05, 0.1) is 11.0 Å². The van der Waals surface area contributed by atoms with E-state index in [1.807, 2.05) is 36.5 Å². The lowest BCUT2D eigenvalue weighted by Crippen LogP contribution is -1.84. The zero-order chi connectivity index (χ0) is 10.8. The Bertz CT molecular complexity index is 618. The summed E-state index contributed by atoms with van der Waals surface area (Å²) < 4.78 is 0. The van der Waals surface area contributed by atoms with Gasteiger partial charge in [0, 0.05) is 18.0 Å². The standard InChI is InChI=1S/C14H10N2/c1-2-5-11(6-3-1)12-9-14-13(16-10-12)7-4-8-15-14/h1-10H. The van der Waals surface area contributed by atoms with E-state index in [-0.39, 0.29) is 0 Å². The lowest BCUT2D eigenvalue weighted by Gasteiger charge is -2.02. The normalized spacial score (nSPS) is 10.5. The Morgan fingerprint density at radius 3 is 2.44 bits per heavy atom. The number of benzene rings is 1. The van der Waals surface area contributed by atoms with Crippen molar-refractivity contribution < 1.29 is 0 Å². The topological polar surface area (TPSA) is 25.8 Å². The highest BCUT2D eigenvalue weighted by atomic mass is 14.7. The van der Waals surface area contributed by atoms with Crippen LogP contribution in [0.25, 0.3) is 22.2 Å². The van der Waals surface area contributed by atoms with Crippen molar-refractivity contribution in [3.8, 4) is 11.1 Å². The molecule has 76 valence electrons. The molecule has 0 aliphatic heterocycles. The Morgan fingerprint density at radius 1 is 0.688 bits per heavy atom. The molecule has 0 aliphatic carbocycles. The molecule has 0 N–H and O–H groups in total. The minimum atomic E-state index is 0.933. The number of pyridine rings is 2. The summed E-state index contributed by atoms with van der Waals surface area (Å²) in [7, 11) is 0. The quantitative estimate of drug-likeness (QED) is 0.610. The van der Waals surface area contributed by atoms with Gasteiger partial charge in [-0.25, -0.2) is 0 Å². The third-order valence-corrected chi connectivity index (χ3v) is 2.56. The lowest BCUT2D eigenvalue weighted by molar-refractivity contribution is 1.34. The van der Waals surface area contributed by atoms with Crippen LogP contribution in [0.5, 0.6) is 0 Å².